The number of anilines is 1. The first-order valence-electron chi connectivity index (χ1n) is 5.32. The normalized spacial score (nSPS) is 11.5. The lowest BCUT2D eigenvalue weighted by atomic mass is 10.4. The van der Waals surface area contributed by atoms with Gasteiger partial charge in [0.15, 0.2) is 0 Å². The van der Waals surface area contributed by atoms with E-state index in [-0.39, 0.29) is 17.3 Å². The number of H-pyrrole nitrogens is 1. The number of aromatic nitrogens is 3. The van der Waals surface area contributed by atoms with Crippen LogP contribution < -0.4 is 10.5 Å². The van der Waals surface area contributed by atoms with Gasteiger partial charge in [0.2, 0.25) is 0 Å². The van der Waals surface area contributed by atoms with Gasteiger partial charge in [-0.3, -0.25) is 9.82 Å². The van der Waals surface area contributed by atoms with Crippen molar-refractivity contribution in [2.24, 2.45) is 5.73 Å². The highest BCUT2D eigenvalue weighted by Gasteiger charge is 2.24. The molecule has 0 amide bonds. The van der Waals surface area contributed by atoms with Gasteiger partial charge >= 0.3 is 0 Å². The van der Waals surface area contributed by atoms with Gasteiger partial charge in [0.05, 0.1) is 11.4 Å². The Morgan fingerprint density at radius 3 is 2.79 bits per heavy atom. The van der Waals surface area contributed by atoms with Crippen molar-refractivity contribution in [3.63, 3.8) is 0 Å². The molecule has 2 aromatic rings. The van der Waals surface area contributed by atoms with Crippen LogP contribution in [-0.2, 0) is 16.6 Å². The number of pyridine rings is 1. The van der Waals surface area contributed by atoms with Crippen molar-refractivity contribution >= 4 is 31.8 Å². The average Bonchev–Trinajstić information content (AvgIpc) is 2.74. The molecule has 4 N–H and O–H groups in total. The molecule has 0 bridgehead atoms. The molecule has 0 radical (unpaired) electrons. The zero-order chi connectivity index (χ0) is 14.0. The van der Waals surface area contributed by atoms with Crippen LogP contribution in [0.25, 0.3) is 0 Å². The summed E-state index contributed by atoms with van der Waals surface area (Å²) in [7, 11) is -3.76. The molecular weight excluding hydrogens is 334 g/mol. The maximum absolute atomic E-state index is 12.3. The molecule has 0 aromatic carbocycles. The zero-order valence-electron chi connectivity index (χ0n) is 10.0. The van der Waals surface area contributed by atoms with E-state index in [0.29, 0.717) is 11.4 Å². The van der Waals surface area contributed by atoms with Crippen LogP contribution in [-0.4, -0.2) is 23.6 Å². The van der Waals surface area contributed by atoms with Crippen molar-refractivity contribution in [2.45, 2.75) is 18.4 Å². The summed E-state index contributed by atoms with van der Waals surface area (Å²) >= 11 is 3.23. The third-order valence-electron chi connectivity index (χ3n) is 2.39. The highest BCUT2D eigenvalue weighted by Crippen LogP contribution is 2.20. The predicted octanol–water partition coefficient (Wildman–Crippen LogP) is 1.14. The van der Waals surface area contributed by atoms with Crippen molar-refractivity contribution in [3.8, 4) is 0 Å². The van der Waals surface area contributed by atoms with Crippen LogP contribution >= 0.6 is 15.9 Å². The third-order valence-corrected chi connectivity index (χ3v) is 4.42. The van der Waals surface area contributed by atoms with Crippen molar-refractivity contribution in [2.75, 3.05) is 4.72 Å². The van der Waals surface area contributed by atoms with Crippen LogP contribution in [0.5, 0.6) is 0 Å². The molecule has 0 unspecified atom stereocenters. The Balaban J connectivity index is 2.37. The number of hydrogen-bond acceptors (Lipinski definition) is 5. The monoisotopic (exact) mass is 345 g/mol. The highest BCUT2D eigenvalue weighted by atomic mass is 79.9. The number of nitrogens with one attached hydrogen (secondary N) is 2. The minimum absolute atomic E-state index is 0.0361. The Kier molecular flexibility index (Phi) is 3.88. The van der Waals surface area contributed by atoms with Crippen LogP contribution in [0.1, 0.15) is 11.4 Å². The molecule has 0 saturated heterocycles. The second-order valence-electron chi connectivity index (χ2n) is 3.80. The average molecular weight is 346 g/mol. The summed E-state index contributed by atoms with van der Waals surface area (Å²) in [5.74, 6) is 0.228. The first-order chi connectivity index (χ1) is 8.94. The molecule has 0 saturated carbocycles. The fraction of sp³-hybridized carbons (Fsp3) is 0.200. The Labute approximate surface area is 118 Å². The van der Waals surface area contributed by atoms with Gasteiger partial charge < -0.3 is 5.73 Å². The molecule has 9 heteroatoms. The van der Waals surface area contributed by atoms with Crippen LogP contribution in [0.3, 0.4) is 0 Å². The number of nitrogens with zero attached hydrogens (tertiary/aromatic N) is 2. The number of nitrogens with two attached hydrogens (primary N) is 1. The SMILES string of the molecule is Cc1[nH]nc(CN)c1S(=O)(=O)Nc1ccc(Br)cn1. The largest absolute Gasteiger partial charge is 0.325 e. The summed E-state index contributed by atoms with van der Waals surface area (Å²) in [5, 5.41) is 6.47. The molecule has 19 heavy (non-hydrogen) atoms. The lowest BCUT2D eigenvalue weighted by molar-refractivity contribution is 0.599. The van der Waals surface area contributed by atoms with Crippen molar-refractivity contribution in [1.29, 1.82) is 0 Å². The minimum Gasteiger partial charge on any atom is -0.325 e. The van der Waals surface area contributed by atoms with Gasteiger partial charge in [-0.05, 0) is 35.0 Å². The number of aryl methyl sites for hydroxylation is 1. The second-order valence-corrected chi connectivity index (χ2v) is 6.33. The summed E-state index contributed by atoms with van der Waals surface area (Å²) < 4.78 is 27.7. The number of rotatable bonds is 4. The third kappa shape index (κ3) is 2.94. The summed E-state index contributed by atoms with van der Waals surface area (Å²) in [6.45, 7) is 1.66. The maximum atomic E-state index is 12.3. The number of hydrogen-bond donors (Lipinski definition) is 3. The predicted molar refractivity (Wildman–Crippen MR) is 74.0 cm³/mol. The van der Waals surface area contributed by atoms with E-state index < -0.39 is 10.0 Å². The van der Waals surface area contributed by atoms with E-state index in [0.717, 1.165) is 4.47 Å². The molecule has 2 aromatic heterocycles. The summed E-state index contributed by atoms with van der Waals surface area (Å²) in [6, 6.07) is 3.25. The standard InChI is InChI=1S/C10H12BrN5O2S/c1-6-10(8(4-12)15-14-6)19(17,18)16-9-3-2-7(11)5-13-9/h2-3,5H,4,12H2,1H3,(H,13,16)(H,14,15). The first-order valence-corrected chi connectivity index (χ1v) is 7.60. The lowest BCUT2D eigenvalue weighted by Gasteiger charge is -2.07. The number of halogens is 1. The van der Waals surface area contributed by atoms with Crippen LogP contribution in [0, 0.1) is 6.92 Å². The van der Waals surface area contributed by atoms with E-state index in [1.807, 2.05) is 0 Å². The van der Waals surface area contributed by atoms with Gasteiger partial charge in [-0.15, -0.1) is 0 Å². The van der Waals surface area contributed by atoms with Crippen LogP contribution in [0.4, 0.5) is 5.82 Å². The lowest BCUT2D eigenvalue weighted by Crippen LogP contribution is -2.17. The van der Waals surface area contributed by atoms with E-state index >= 15 is 0 Å². The zero-order valence-corrected chi connectivity index (χ0v) is 12.4. The van der Waals surface area contributed by atoms with E-state index in [1.54, 1.807) is 19.1 Å². The van der Waals surface area contributed by atoms with E-state index in [4.69, 9.17) is 5.73 Å². The molecule has 0 spiro atoms. The van der Waals surface area contributed by atoms with Crippen LogP contribution in [0.15, 0.2) is 27.7 Å². The highest BCUT2D eigenvalue weighted by molar-refractivity contribution is 9.10. The molecule has 2 heterocycles. The second kappa shape index (κ2) is 5.27. The maximum Gasteiger partial charge on any atom is 0.266 e. The topological polar surface area (TPSA) is 114 Å². The van der Waals surface area contributed by atoms with Crippen molar-refractivity contribution in [3.05, 3.63) is 34.2 Å². The smallest absolute Gasteiger partial charge is 0.266 e. The quantitative estimate of drug-likeness (QED) is 0.768. The number of sulfonamides is 1. The molecule has 7 nitrogen and oxygen atoms in total. The number of aromatic amines is 1. The molecule has 2 rings (SSSR count). The van der Waals surface area contributed by atoms with Gasteiger partial charge in [0.25, 0.3) is 10.0 Å². The first kappa shape index (κ1) is 14.0. The van der Waals surface area contributed by atoms with Crippen LogP contribution in [0.2, 0.25) is 0 Å². The fourth-order valence-corrected chi connectivity index (χ4v) is 3.21. The summed E-state index contributed by atoms with van der Waals surface area (Å²) in [5.41, 5.74) is 6.21. The molecule has 0 aliphatic heterocycles. The fourth-order valence-electron chi connectivity index (χ4n) is 1.59. The van der Waals surface area contributed by atoms with Gasteiger partial charge in [0.1, 0.15) is 10.7 Å². The Morgan fingerprint density at radius 1 is 1.47 bits per heavy atom. The Hall–Kier alpha value is -1.45. The van der Waals surface area contributed by atoms with Gasteiger partial charge in [-0.25, -0.2) is 13.4 Å². The van der Waals surface area contributed by atoms with Gasteiger partial charge in [-0.1, -0.05) is 0 Å². The van der Waals surface area contributed by atoms with Gasteiger partial charge in [-0.2, -0.15) is 5.10 Å². The summed E-state index contributed by atoms with van der Waals surface area (Å²) in [6.07, 6.45) is 1.50. The Bertz CT molecular complexity index is 680. The molecule has 0 atom stereocenters. The van der Waals surface area contributed by atoms with E-state index in [9.17, 15) is 8.42 Å². The van der Waals surface area contributed by atoms with Gasteiger partial charge in [0, 0.05) is 17.2 Å². The molecule has 0 aliphatic rings. The van der Waals surface area contributed by atoms with E-state index in [2.05, 4.69) is 35.8 Å². The molecular formula is C10H12BrN5O2S. The molecule has 0 fully saturated rings. The van der Waals surface area contributed by atoms with Crippen molar-refractivity contribution in [1.82, 2.24) is 15.2 Å². The Morgan fingerprint density at radius 2 is 2.21 bits per heavy atom. The minimum atomic E-state index is -3.76. The molecule has 102 valence electrons. The summed E-state index contributed by atoms with van der Waals surface area (Å²) in [4.78, 5) is 4.03. The molecule has 0 aliphatic carbocycles. The van der Waals surface area contributed by atoms with E-state index in [1.165, 1.54) is 6.20 Å². The van der Waals surface area contributed by atoms with Crippen molar-refractivity contribution < 1.29 is 8.42 Å².